The van der Waals surface area contributed by atoms with Gasteiger partial charge in [0.25, 0.3) is 0 Å². The Kier molecular flexibility index (Phi) is 7.98. The van der Waals surface area contributed by atoms with E-state index in [2.05, 4.69) is 62.9 Å². The minimum atomic E-state index is 0.0892. The van der Waals surface area contributed by atoms with E-state index in [4.69, 9.17) is 5.73 Å². The maximum Gasteiger partial charge on any atom is 0.0372 e. The van der Waals surface area contributed by atoms with Crippen LogP contribution < -0.4 is 5.73 Å². The summed E-state index contributed by atoms with van der Waals surface area (Å²) in [6.07, 6.45) is 5.82. The highest BCUT2D eigenvalue weighted by Crippen LogP contribution is 2.28. The summed E-state index contributed by atoms with van der Waals surface area (Å²) < 4.78 is 0. The Morgan fingerprint density at radius 3 is 2.29 bits per heavy atom. The lowest BCUT2D eigenvalue weighted by molar-refractivity contribution is 0.0469. The molecule has 0 fully saturated rings. The van der Waals surface area contributed by atoms with Gasteiger partial charge in [-0.1, -0.05) is 57.5 Å². The molecule has 0 aliphatic carbocycles. The number of nitrogens with zero attached hydrogens (tertiary/aromatic N) is 1. The van der Waals surface area contributed by atoms with E-state index >= 15 is 0 Å². The van der Waals surface area contributed by atoms with E-state index in [1.165, 1.54) is 24.8 Å². The quantitative estimate of drug-likeness (QED) is 0.698. The molecule has 1 aromatic carbocycles. The first-order valence-corrected chi connectivity index (χ1v) is 8.64. The van der Waals surface area contributed by atoms with Crippen molar-refractivity contribution >= 4 is 0 Å². The summed E-state index contributed by atoms with van der Waals surface area (Å²) in [6, 6.07) is 11.4. The van der Waals surface area contributed by atoms with Crippen LogP contribution in [-0.4, -0.2) is 29.6 Å². The molecule has 21 heavy (non-hydrogen) atoms. The van der Waals surface area contributed by atoms with E-state index in [0.29, 0.717) is 6.04 Å². The van der Waals surface area contributed by atoms with Gasteiger partial charge in [-0.15, -0.1) is 0 Å². The van der Waals surface area contributed by atoms with Gasteiger partial charge in [0.05, 0.1) is 0 Å². The summed E-state index contributed by atoms with van der Waals surface area (Å²) in [4.78, 5) is 2.68. The van der Waals surface area contributed by atoms with Crippen molar-refractivity contribution < 1.29 is 0 Å². The van der Waals surface area contributed by atoms with E-state index in [1.807, 2.05) is 0 Å². The van der Waals surface area contributed by atoms with Gasteiger partial charge in [0.1, 0.15) is 0 Å². The van der Waals surface area contributed by atoms with Crippen molar-refractivity contribution in [2.75, 3.05) is 13.1 Å². The van der Waals surface area contributed by atoms with Crippen LogP contribution in [0.15, 0.2) is 30.3 Å². The van der Waals surface area contributed by atoms with Gasteiger partial charge in [-0.3, -0.25) is 4.90 Å². The second kappa shape index (κ2) is 9.22. The molecule has 0 aliphatic rings. The van der Waals surface area contributed by atoms with Crippen LogP contribution in [0, 0.1) is 0 Å². The lowest BCUT2D eigenvalue weighted by Gasteiger charge is -2.46. The molecule has 0 aromatic heterocycles. The van der Waals surface area contributed by atoms with Gasteiger partial charge < -0.3 is 5.73 Å². The molecular weight excluding hydrogens is 256 g/mol. The Labute approximate surface area is 131 Å². The summed E-state index contributed by atoms with van der Waals surface area (Å²) in [6.45, 7) is 11.1. The van der Waals surface area contributed by atoms with Crippen molar-refractivity contribution in [3.05, 3.63) is 35.9 Å². The van der Waals surface area contributed by atoms with Crippen LogP contribution in [0.25, 0.3) is 0 Å². The van der Waals surface area contributed by atoms with Crippen LogP contribution in [0.4, 0.5) is 0 Å². The third-order valence-electron chi connectivity index (χ3n) is 4.90. The zero-order valence-corrected chi connectivity index (χ0v) is 14.4. The summed E-state index contributed by atoms with van der Waals surface area (Å²) in [7, 11) is 0. The van der Waals surface area contributed by atoms with Crippen LogP contribution >= 0.6 is 0 Å². The molecule has 2 atom stereocenters. The first-order valence-electron chi connectivity index (χ1n) is 8.64. The van der Waals surface area contributed by atoms with Crippen molar-refractivity contribution in [2.45, 2.75) is 71.4 Å². The molecule has 0 spiro atoms. The maximum absolute atomic E-state index is 6.29. The highest BCUT2D eigenvalue weighted by atomic mass is 15.2. The van der Waals surface area contributed by atoms with Crippen molar-refractivity contribution in [1.29, 1.82) is 0 Å². The topological polar surface area (TPSA) is 29.3 Å². The molecule has 120 valence electrons. The SMILES string of the molecule is CCCCN(C(C)CC)C(CC)(CN)Cc1ccccc1. The Morgan fingerprint density at radius 1 is 1.14 bits per heavy atom. The highest BCUT2D eigenvalue weighted by molar-refractivity contribution is 5.18. The maximum atomic E-state index is 6.29. The molecule has 0 radical (unpaired) electrons. The van der Waals surface area contributed by atoms with E-state index in [1.54, 1.807) is 0 Å². The second-order valence-electron chi connectivity index (χ2n) is 6.25. The van der Waals surface area contributed by atoms with Gasteiger partial charge in [-0.2, -0.15) is 0 Å². The van der Waals surface area contributed by atoms with Gasteiger partial charge in [-0.25, -0.2) is 0 Å². The highest BCUT2D eigenvalue weighted by Gasteiger charge is 2.35. The van der Waals surface area contributed by atoms with Crippen molar-refractivity contribution in [2.24, 2.45) is 5.73 Å². The standard InChI is InChI=1S/C19H34N2/c1-5-8-14-21(17(4)6-2)19(7-3,16-20)15-18-12-10-9-11-13-18/h9-13,17H,5-8,14-16,20H2,1-4H3. The third kappa shape index (κ3) is 4.82. The lowest BCUT2D eigenvalue weighted by atomic mass is 9.84. The van der Waals surface area contributed by atoms with Gasteiger partial charge >= 0.3 is 0 Å². The number of unbranched alkanes of at least 4 members (excludes halogenated alkanes) is 1. The molecule has 1 rings (SSSR count). The van der Waals surface area contributed by atoms with Crippen LogP contribution in [0.1, 0.15) is 58.9 Å². The zero-order chi connectivity index (χ0) is 15.7. The molecule has 0 amide bonds. The Balaban J connectivity index is 3.02. The largest absolute Gasteiger partial charge is 0.329 e. The third-order valence-corrected chi connectivity index (χ3v) is 4.90. The molecule has 2 nitrogen and oxygen atoms in total. The van der Waals surface area contributed by atoms with Gasteiger partial charge in [0.2, 0.25) is 0 Å². The predicted octanol–water partition coefficient (Wildman–Crippen LogP) is 4.24. The van der Waals surface area contributed by atoms with E-state index < -0.39 is 0 Å². The summed E-state index contributed by atoms with van der Waals surface area (Å²) in [5.74, 6) is 0. The fourth-order valence-electron chi connectivity index (χ4n) is 3.21. The van der Waals surface area contributed by atoms with E-state index in [0.717, 1.165) is 25.9 Å². The number of benzene rings is 1. The fourth-order valence-corrected chi connectivity index (χ4v) is 3.21. The number of hydrogen-bond donors (Lipinski definition) is 1. The summed E-state index contributed by atoms with van der Waals surface area (Å²) >= 11 is 0. The second-order valence-corrected chi connectivity index (χ2v) is 6.25. The van der Waals surface area contributed by atoms with Crippen LogP contribution in [-0.2, 0) is 6.42 Å². The molecule has 2 unspecified atom stereocenters. The van der Waals surface area contributed by atoms with Gasteiger partial charge in [-0.05, 0) is 44.7 Å². The van der Waals surface area contributed by atoms with Crippen molar-refractivity contribution in [3.8, 4) is 0 Å². The fraction of sp³-hybridized carbons (Fsp3) is 0.684. The predicted molar refractivity (Wildman–Crippen MR) is 93.6 cm³/mol. The summed E-state index contributed by atoms with van der Waals surface area (Å²) in [5.41, 5.74) is 7.78. The summed E-state index contributed by atoms with van der Waals surface area (Å²) in [5, 5.41) is 0. The average Bonchev–Trinajstić information content (AvgIpc) is 2.54. The minimum Gasteiger partial charge on any atom is -0.329 e. The van der Waals surface area contributed by atoms with Crippen LogP contribution in [0.3, 0.4) is 0 Å². The molecule has 0 aliphatic heterocycles. The molecule has 1 aromatic rings. The van der Waals surface area contributed by atoms with E-state index in [9.17, 15) is 0 Å². The van der Waals surface area contributed by atoms with Gasteiger partial charge in [0.15, 0.2) is 0 Å². The lowest BCUT2D eigenvalue weighted by Crippen LogP contribution is -2.58. The van der Waals surface area contributed by atoms with E-state index in [-0.39, 0.29) is 5.54 Å². The molecule has 0 saturated heterocycles. The minimum absolute atomic E-state index is 0.0892. The van der Waals surface area contributed by atoms with Gasteiger partial charge in [0, 0.05) is 18.1 Å². The molecule has 0 heterocycles. The number of nitrogens with two attached hydrogens (primary N) is 1. The number of rotatable bonds is 10. The monoisotopic (exact) mass is 290 g/mol. The average molecular weight is 290 g/mol. The molecule has 0 bridgehead atoms. The molecule has 2 N–H and O–H groups in total. The molecule has 0 saturated carbocycles. The molecule has 2 heteroatoms. The number of hydrogen-bond acceptors (Lipinski definition) is 2. The Morgan fingerprint density at radius 2 is 1.81 bits per heavy atom. The zero-order valence-electron chi connectivity index (χ0n) is 14.4. The van der Waals surface area contributed by atoms with Crippen LogP contribution in [0.5, 0.6) is 0 Å². The Bertz CT molecular complexity index is 370. The van der Waals surface area contributed by atoms with Crippen molar-refractivity contribution in [1.82, 2.24) is 4.90 Å². The van der Waals surface area contributed by atoms with Crippen molar-refractivity contribution in [3.63, 3.8) is 0 Å². The Hall–Kier alpha value is -0.860. The smallest absolute Gasteiger partial charge is 0.0372 e. The van der Waals surface area contributed by atoms with Crippen LogP contribution in [0.2, 0.25) is 0 Å². The normalized spacial score (nSPS) is 15.9. The first kappa shape index (κ1) is 18.2. The first-order chi connectivity index (χ1) is 10.1. The molecular formula is C19H34N2.